The van der Waals surface area contributed by atoms with Crippen LogP contribution in [0, 0.1) is 5.41 Å². The van der Waals surface area contributed by atoms with Gasteiger partial charge in [0.25, 0.3) is 0 Å². The number of likely N-dealkylation sites (tertiary alicyclic amines) is 1. The first kappa shape index (κ1) is 16.7. The topological polar surface area (TPSA) is 62.7 Å². The number of carboxylic acid groups (broad SMARTS) is 1. The largest absolute Gasteiger partial charge is 0.478 e. The van der Waals surface area contributed by atoms with Crippen LogP contribution in [0.15, 0.2) is 29.6 Å². The van der Waals surface area contributed by atoms with Crippen molar-refractivity contribution in [1.29, 1.82) is 0 Å². The molecule has 2 fully saturated rings. The van der Waals surface area contributed by atoms with Crippen LogP contribution in [-0.4, -0.2) is 47.3 Å². The summed E-state index contributed by atoms with van der Waals surface area (Å²) in [6.07, 6.45) is 3.63. The van der Waals surface area contributed by atoms with Crippen LogP contribution in [-0.2, 0) is 11.3 Å². The van der Waals surface area contributed by atoms with Crippen LogP contribution in [0.2, 0.25) is 0 Å². The maximum absolute atomic E-state index is 10.9. The normalized spacial score (nSPS) is 20.2. The fourth-order valence-electron chi connectivity index (χ4n) is 3.87. The highest BCUT2D eigenvalue weighted by Gasteiger charge is 2.39. The first-order chi connectivity index (χ1) is 12.1. The molecular weight excluding hydrogens is 336 g/mol. The lowest BCUT2D eigenvalue weighted by Crippen LogP contribution is -2.32. The minimum absolute atomic E-state index is 0.305. The molecule has 0 atom stereocenters. The predicted molar refractivity (Wildman–Crippen MR) is 96.9 cm³/mol. The van der Waals surface area contributed by atoms with E-state index in [0.717, 1.165) is 49.1 Å². The van der Waals surface area contributed by atoms with Crippen LogP contribution >= 0.6 is 11.3 Å². The van der Waals surface area contributed by atoms with Gasteiger partial charge in [-0.3, -0.25) is 4.90 Å². The average Bonchev–Trinajstić information content (AvgIpc) is 3.24. The number of aromatic carboxylic acids is 1. The maximum atomic E-state index is 10.9. The number of rotatable bonds is 4. The highest BCUT2D eigenvalue weighted by molar-refractivity contribution is 7.13. The molecule has 0 unspecified atom stereocenters. The fraction of sp³-hybridized carbons (Fsp3) is 0.474. The number of ether oxygens (including phenoxy) is 1. The number of carboxylic acids is 1. The molecule has 2 aromatic rings. The maximum Gasteiger partial charge on any atom is 0.335 e. The van der Waals surface area contributed by atoms with Gasteiger partial charge in [0.05, 0.1) is 11.3 Å². The second-order valence-corrected chi connectivity index (χ2v) is 7.96. The third kappa shape index (κ3) is 3.61. The van der Waals surface area contributed by atoms with Crippen molar-refractivity contribution in [2.24, 2.45) is 5.41 Å². The van der Waals surface area contributed by atoms with Gasteiger partial charge in [0, 0.05) is 37.2 Å². The molecule has 0 saturated carbocycles. The van der Waals surface area contributed by atoms with Crippen molar-refractivity contribution >= 4 is 17.3 Å². The summed E-state index contributed by atoms with van der Waals surface area (Å²) in [7, 11) is 0. The summed E-state index contributed by atoms with van der Waals surface area (Å²) in [5, 5.41) is 12.1. The van der Waals surface area contributed by atoms with Crippen molar-refractivity contribution in [3.05, 3.63) is 40.9 Å². The molecule has 0 aliphatic carbocycles. The third-order valence-electron chi connectivity index (χ3n) is 5.39. The van der Waals surface area contributed by atoms with Crippen LogP contribution in [0.4, 0.5) is 0 Å². The van der Waals surface area contributed by atoms with E-state index in [4.69, 9.17) is 14.8 Å². The van der Waals surface area contributed by atoms with Gasteiger partial charge in [-0.1, -0.05) is 12.1 Å². The van der Waals surface area contributed by atoms with Crippen LogP contribution in [0.25, 0.3) is 10.6 Å². The second kappa shape index (κ2) is 6.86. The van der Waals surface area contributed by atoms with Gasteiger partial charge in [-0.15, -0.1) is 11.3 Å². The van der Waals surface area contributed by atoms with E-state index in [9.17, 15) is 4.79 Å². The molecule has 1 aromatic heterocycles. The Morgan fingerprint density at radius 2 is 2.00 bits per heavy atom. The summed E-state index contributed by atoms with van der Waals surface area (Å²) in [5.74, 6) is -0.901. The first-order valence-corrected chi connectivity index (χ1v) is 9.60. The SMILES string of the molecule is O=C(O)c1ccc(-c2nc(CN3CCC4(CCOCC4)C3)cs2)cc1. The minimum atomic E-state index is -0.901. The molecule has 4 rings (SSSR count). The molecule has 2 aliphatic heterocycles. The van der Waals surface area contributed by atoms with Gasteiger partial charge >= 0.3 is 5.97 Å². The van der Waals surface area contributed by atoms with E-state index < -0.39 is 5.97 Å². The van der Waals surface area contributed by atoms with E-state index >= 15 is 0 Å². The highest BCUT2D eigenvalue weighted by Crippen LogP contribution is 2.40. The fourth-order valence-corrected chi connectivity index (χ4v) is 4.69. The molecule has 1 aromatic carbocycles. The lowest BCUT2D eigenvalue weighted by atomic mass is 9.80. The number of hydrogen-bond acceptors (Lipinski definition) is 5. The van der Waals surface area contributed by atoms with E-state index in [1.54, 1.807) is 23.5 Å². The molecule has 0 amide bonds. The Labute approximate surface area is 151 Å². The third-order valence-corrected chi connectivity index (χ3v) is 6.33. The van der Waals surface area contributed by atoms with Gasteiger partial charge in [-0.2, -0.15) is 0 Å². The van der Waals surface area contributed by atoms with Crippen LogP contribution < -0.4 is 0 Å². The van der Waals surface area contributed by atoms with E-state index in [1.165, 1.54) is 19.3 Å². The Morgan fingerprint density at radius 1 is 1.24 bits per heavy atom. The molecule has 2 aliphatic rings. The van der Waals surface area contributed by atoms with Crippen molar-refractivity contribution in [1.82, 2.24) is 9.88 Å². The zero-order valence-corrected chi connectivity index (χ0v) is 14.9. The molecule has 1 spiro atoms. The van der Waals surface area contributed by atoms with E-state index in [2.05, 4.69) is 10.3 Å². The quantitative estimate of drug-likeness (QED) is 0.906. The zero-order chi connectivity index (χ0) is 17.3. The molecule has 1 N–H and O–H groups in total. The summed E-state index contributed by atoms with van der Waals surface area (Å²) in [6.45, 7) is 4.99. The molecule has 0 radical (unpaired) electrons. The van der Waals surface area contributed by atoms with Crippen LogP contribution in [0.1, 0.15) is 35.3 Å². The second-order valence-electron chi connectivity index (χ2n) is 7.10. The summed E-state index contributed by atoms with van der Waals surface area (Å²) < 4.78 is 5.52. The molecule has 2 saturated heterocycles. The Hall–Kier alpha value is -1.76. The van der Waals surface area contributed by atoms with Crippen LogP contribution in [0.3, 0.4) is 0 Å². The molecule has 5 nitrogen and oxygen atoms in total. The van der Waals surface area contributed by atoms with E-state index in [1.807, 2.05) is 12.1 Å². The van der Waals surface area contributed by atoms with Gasteiger partial charge in [-0.25, -0.2) is 9.78 Å². The molecule has 0 bridgehead atoms. The molecule has 132 valence electrons. The Bertz CT molecular complexity index is 750. The summed E-state index contributed by atoms with van der Waals surface area (Å²) in [6, 6.07) is 6.93. The standard InChI is InChI=1S/C19H22N2O3S/c22-18(23)15-3-1-14(2-4-15)17-20-16(12-25-17)11-21-8-5-19(13-21)6-9-24-10-7-19/h1-4,12H,5-11,13H2,(H,22,23). The summed E-state index contributed by atoms with van der Waals surface area (Å²) in [4.78, 5) is 18.2. The van der Waals surface area contributed by atoms with Gasteiger partial charge in [-0.05, 0) is 43.4 Å². The molecular formula is C19H22N2O3S. The summed E-state index contributed by atoms with van der Waals surface area (Å²) >= 11 is 1.62. The lowest BCUT2D eigenvalue weighted by Gasteiger charge is -2.33. The Morgan fingerprint density at radius 3 is 2.72 bits per heavy atom. The number of benzene rings is 1. The highest BCUT2D eigenvalue weighted by atomic mass is 32.1. The van der Waals surface area contributed by atoms with Gasteiger partial charge < -0.3 is 9.84 Å². The van der Waals surface area contributed by atoms with Crippen molar-refractivity contribution in [3.8, 4) is 10.6 Å². The van der Waals surface area contributed by atoms with Crippen molar-refractivity contribution in [2.45, 2.75) is 25.8 Å². The zero-order valence-electron chi connectivity index (χ0n) is 14.1. The van der Waals surface area contributed by atoms with Gasteiger partial charge in [0.15, 0.2) is 0 Å². The number of aromatic nitrogens is 1. The number of hydrogen-bond donors (Lipinski definition) is 1. The Balaban J connectivity index is 1.41. The van der Waals surface area contributed by atoms with Gasteiger partial charge in [0.2, 0.25) is 0 Å². The number of carbonyl (C=O) groups is 1. The summed E-state index contributed by atoms with van der Waals surface area (Å²) in [5.41, 5.74) is 2.85. The van der Waals surface area contributed by atoms with Crippen molar-refractivity contribution in [2.75, 3.05) is 26.3 Å². The monoisotopic (exact) mass is 358 g/mol. The average molecular weight is 358 g/mol. The van der Waals surface area contributed by atoms with Gasteiger partial charge in [0.1, 0.15) is 5.01 Å². The molecule has 3 heterocycles. The van der Waals surface area contributed by atoms with Crippen LogP contribution in [0.5, 0.6) is 0 Å². The molecule has 25 heavy (non-hydrogen) atoms. The predicted octanol–water partition coefficient (Wildman–Crippen LogP) is 3.51. The Kier molecular flexibility index (Phi) is 4.58. The van der Waals surface area contributed by atoms with E-state index in [-0.39, 0.29) is 0 Å². The minimum Gasteiger partial charge on any atom is -0.478 e. The molecule has 6 heteroatoms. The van der Waals surface area contributed by atoms with Crippen molar-refractivity contribution < 1.29 is 14.6 Å². The number of thiazole rings is 1. The van der Waals surface area contributed by atoms with Crippen molar-refractivity contribution in [3.63, 3.8) is 0 Å². The lowest BCUT2D eigenvalue weighted by molar-refractivity contribution is 0.0190. The first-order valence-electron chi connectivity index (χ1n) is 8.72. The van der Waals surface area contributed by atoms with E-state index in [0.29, 0.717) is 11.0 Å². The number of nitrogens with zero attached hydrogens (tertiary/aromatic N) is 2. The smallest absolute Gasteiger partial charge is 0.335 e.